The van der Waals surface area contributed by atoms with E-state index in [-0.39, 0.29) is 6.03 Å². The Morgan fingerprint density at radius 2 is 1.73 bits per heavy atom. The smallest absolute Gasteiger partial charge is 0.322 e. The predicted molar refractivity (Wildman–Crippen MR) is 131 cm³/mol. The molecule has 2 heterocycles. The lowest BCUT2D eigenvalue weighted by molar-refractivity contribution is 0.208. The summed E-state index contributed by atoms with van der Waals surface area (Å²) in [6, 6.07) is 19.6. The topological polar surface area (TPSA) is 66.9 Å². The molecule has 0 saturated carbocycles. The number of nitrogens with zero attached hydrogens (tertiary/aromatic N) is 3. The number of para-hydroxylation sites is 3. The lowest BCUT2D eigenvalue weighted by Crippen LogP contribution is -2.50. The van der Waals surface area contributed by atoms with Crippen LogP contribution in [0.5, 0.6) is 17.4 Å². The van der Waals surface area contributed by atoms with E-state index in [4.69, 9.17) is 9.47 Å². The number of piperazine rings is 1. The van der Waals surface area contributed by atoms with Gasteiger partial charge in [0.1, 0.15) is 11.4 Å². The van der Waals surface area contributed by atoms with Gasteiger partial charge in [0, 0.05) is 31.9 Å². The number of rotatable bonds is 6. The Bertz CT molecular complexity index is 1100. The average Bonchev–Trinajstić information content (AvgIpc) is 2.86. The highest BCUT2D eigenvalue weighted by Gasteiger charge is 2.24. The minimum absolute atomic E-state index is 0.144. The lowest BCUT2D eigenvalue weighted by atomic mass is 10.1. The van der Waals surface area contributed by atoms with Crippen LogP contribution in [0.15, 0.2) is 60.7 Å². The maximum Gasteiger partial charge on any atom is 0.322 e. The second-order valence-electron chi connectivity index (χ2n) is 7.93. The maximum atomic E-state index is 13.0. The molecule has 172 valence electrons. The van der Waals surface area contributed by atoms with Gasteiger partial charge < -0.3 is 24.6 Å². The molecule has 2 aromatic carbocycles. The Balaban J connectivity index is 1.41. The van der Waals surface area contributed by atoms with E-state index in [1.54, 1.807) is 7.11 Å². The van der Waals surface area contributed by atoms with Crippen molar-refractivity contribution in [3.05, 3.63) is 71.9 Å². The van der Waals surface area contributed by atoms with Crippen LogP contribution in [0.1, 0.15) is 18.2 Å². The number of hydrogen-bond acceptors (Lipinski definition) is 5. The van der Waals surface area contributed by atoms with Crippen molar-refractivity contribution in [3.8, 4) is 17.4 Å². The Morgan fingerprint density at radius 3 is 2.42 bits per heavy atom. The summed E-state index contributed by atoms with van der Waals surface area (Å²) in [5.74, 6) is 2.04. The zero-order valence-electron chi connectivity index (χ0n) is 19.4. The van der Waals surface area contributed by atoms with Crippen LogP contribution in [0, 0.1) is 6.92 Å². The number of aryl methyl sites for hydroxylation is 2. The van der Waals surface area contributed by atoms with Gasteiger partial charge in [0.15, 0.2) is 5.75 Å². The molecule has 0 radical (unpaired) electrons. The fraction of sp³-hybridized carbons (Fsp3) is 0.308. The molecule has 1 fully saturated rings. The molecule has 3 aromatic rings. The molecule has 33 heavy (non-hydrogen) atoms. The van der Waals surface area contributed by atoms with Gasteiger partial charge in [-0.05, 0) is 49.2 Å². The Morgan fingerprint density at radius 1 is 1.03 bits per heavy atom. The lowest BCUT2D eigenvalue weighted by Gasteiger charge is -2.36. The van der Waals surface area contributed by atoms with Crippen LogP contribution in [0.25, 0.3) is 0 Å². The monoisotopic (exact) mass is 446 g/mol. The van der Waals surface area contributed by atoms with E-state index in [2.05, 4.69) is 28.2 Å². The second-order valence-corrected chi connectivity index (χ2v) is 7.93. The van der Waals surface area contributed by atoms with Crippen molar-refractivity contribution in [2.75, 3.05) is 43.5 Å². The first-order valence-corrected chi connectivity index (χ1v) is 11.3. The van der Waals surface area contributed by atoms with Crippen LogP contribution >= 0.6 is 0 Å². The summed E-state index contributed by atoms with van der Waals surface area (Å²) in [5.41, 5.74) is 3.63. The van der Waals surface area contributed by atoms with Crippen LogP contribution in [-0.2, 0) is 6.42 Å². The summed E-state index contributed by atoms with van der Waals surface area (Å²) in [7, 11) is 1.57. The van der Waals surface area contributed by atoms with Crippen LogP contribution < -0.4 is 19.7 Å². The molecule has 1 aromatic heterocycles. The highest BCUT2D eigenvalue weighted by atomic mass is 16.5. The number of pyridine rings is 1. The molecular formula is C26H30N4O3. The molecule has 0 spiro atoms. The molecule has 1 saturated heterocycles. The molecular weight excluding hydrogens is 416 g/mol. The Labute approximate surface area is 195 Å². The van der Waals surface area contributed by atoms with Gasteiger partial charge in [-0.15, -0.1) is 0 Å². The van der Waals surface area contributed by atoms with E-state index < -0.39 is 0 Å². The van der Waals surface area contributed by atoms with Crippen LogP contribution in [0.4, 0.5) is 16.2 Å². The summed E-state index contributed by atoms with van der Waals surface area (Å²) < 4.78 is 11.5. The molecule has 2 amide bonds. The molecule has 0 unspecified atom stereocenters. The number of methoxy groups -OCH3 is 1. The second kappa shape index (κ2) is 10.3. The van der Waals surface area contributed by atoms with Gasteiger partial charge in [0.2, 0.25) is 5.88 Å². The zero-order valence-corrected chi connectivity index (χ0v) is 19.4. The molecule has 7 heteroatoms. The fourth-order valence-electron chi connectivity index (χ4n) is 3.99. The van der Waals surface area contributed by atoms with Crippen molar-refractivity contribution in [2.45, 2.75) is 20.3 Å². The highest BCUT2D eigenvalue weighted by molar-refractivity contribution is 5.91. The summed E-state index contributed by atoms with van der Waals surface area (Å²) in [4.78, 5) is 21.5. The fourth-order valence-corrected chi connectivity index (χ4v) is 3.99. The standard InChI is InChI=1S/C26H30N4O3/c1-4-20-18-22(25(32-3)27-19(20)2)28-26(31)30-16-14-29(15-17-30)23-12-8-9-13-24(23)33-21-10-6-5-7-11-21/h5-13,18H,4,14-17H2,1-3H3,(H,28,31). The van der Waals surface area contributed by atoms with Crippen molar-refractivity contribution in [1.82, 2.24) is 9.88 Å². The van der Waals surface area contributed by atoms with E-state index in [0.717, 1.165) is 34.9 Å². The molecule has 1 aliphatic heterocycles. The number of carbonyl (C=O) groups excluding carboxylic acids is 1. The summed E-state index contributed by atoms with van der Waals surface area (Å²) in [6.07, 6.45) is 0.842. The Kier molecular flexibility index (Phi) is 6.98. The number of nitrogens with one attached hydrogen (secondary N) is 1. The molecule has 1 aliphatic rings. The van der Waals surface area contributed by atoms with Gasteiger partial charge in [-0.1, -0.05) is 37.3 Å². The third-order valence-corrected chi connectivity index (χ3v) is 5.84. The molecule has 0 atom stereocenters. The predicted octanol–water partition coefficient (Wildman–Crippen LogP) is 5.11. The molecule has 1 N–H and O–H groups in total. The molecule has 0 bridgehead atoms. The number of anilines is 2. The van der Waals surface area contributed by atoms with Gasteiger partial charge in [-0.2, -0.15) is 0 Å². The Hall–Kier alpha value is -3.74. The van der Waals surface area contributed by atoms with Gasteiger partial charge in [0.25, 0.3) is 0 Å². The molecule has 7 nitrogen and oxygen atoms in total. The largest absolute Gasteiger partial charge is 0.480 e. The highest BCUT2D eigenvalue weighted by Crippen LogP contribution is 2.33. The summed E-state index contributed by atoms with van der Waals surface area (Å²) in [6.45, 7) is 6.66. The number of aromatic nitrogens is 1. The first kappa shape index (κ1) is 22.5. The van der Waals surface area contributed by atoms with Crippen molar-refractivity contribution in [3.63, 3.8) is 0 Å². The molecule has 0 aliphatic carbocycles. The molecule has 4 rings (SSSR count). The van der Waals surface area contributed by atoms with E-state index in [1.807, 2.05) is 66.4 Å². The van der Waals surface area contributed by atoms with E-state index in [0.29, 0.717) is 37.7 Å². The van der Waals surface area contributed by atoms with Crippen molar-refractivity contribution in [1.29, 1.82) is 0 Å². The maximum absolute atomic E-state index is 13.0. The first-order valence-electron chi connectivity index (χ1n) is 11.3. The number of amides is 2. The minimum Gasteiger partial charge on any atom is -0.480 e. The zero-order chi connectivity index (χ0) is 23.2. The number of hydrogen-bond donors (Lipinski definition) is 1. The van der Waals surface area contributed by atoms with E-state index in [9.17, 15) is 4.79 Å². The average molecular weight is 447 g/mol. The van der Waals surface area contributed by atoms with E-state index >= 15 is 0 Å². The van der Waals surface area contributed by atoms with Crippen LogP contribution in [0.3, 0.4) is 0 Å². The summed E-state index contributed by atoms with van der Waals surface area (Å²) >= 11 is 0. The number of benzene rings is 2. The van der Waals surface area contributed by atoms with Crippen LogP contribution in [-0.4, -0.2) is 49.2 Å². The number of urea groups is 1. The van der Waals surface area contributed by atoms with E-state index in [1.165, 1.54) is 0 Å². The van der Waals surface area contributed by atoms with Gasteiger partial charge in [-0.3, -0.25) is 0 Å². The first-order chi connectivity index (χ1) is 16.1. The third kappa shape index (κ3) is 5.19. The van der Waals surface area contributed by atoms with Gasteiger partial charge in [-0.25, -0.2) is 9.78 Å². The van der Waals surface area contributed by atoms with Crippen molar-refractivity contribution < 1.29 is 14.3 Å². The van der Waals surface area contributed by atoms with Gasteiger partial charge >= 0.3 is 6.03 Å². The van der Waals surface area contributed by atoms with Gasteiger partial charge in [0.05, 0.1) is 12.8 Å². The number of ether oxygens (including phenoxy) is 2. The quantitative estimate of drug-likeness (QED) is 0.570. The minimum atomic E-state index is -0.144. The number of carbonyl (C=O) groups is 1. The third-order valence-electron chi connectivity index (χ3n) is 5.84. The van der Waals surface area contributed by atoms with Crippen molar-refractivity contribution in [2.24, 2.45) is 0 Å². The van der Waals surface area contributed by atoms with Crippen LogP contribution in [0.2, 0.25) is 0 Å². The summed E-state index contributed by atoms with van der Waals surface area (Å²) in [5, 5.41) is 2.99. The normalized spacial score (nSPS) is 13.5. The SMILES string of the molecule is CCc1cc(NC(=O)N2CCN(c3ccccc3Oc3ccccc3)CC2)c(OC)nc1C. The van der Waals surface area contributed by atoms with Crippen molar-refractivity contribution >= 4 is 17.4 Å².